The summed E-state index contributed by atoms with van der Waals surface area (Å²) >= 11 is 0. The van der Waals surface area contributed by atoms with Gasteiger partial charge in [0, 0.05) is 6.61 Å². The highest BCUT2D eigenvalue weighted by atomic mass is 19.1. The average molecular weight is 250 g/mol. The van der Waals surface area contributed by atoms with Crippen LogP contribution in [0.2, 0.25) is 0 Å². The van der Waals surface area contributed by atoms with Crippen LogP contribution in [-0.4, -0.2) is 18.8 Å². The molecule has 2 N–H and O–H groups in total. The Balaban J connectivity index is 2.08. The van der Waals surface area contributed by atoms with Crippen LogP contribution >= 0.6 is 0 Å². The molecule has 0 heterocycles. The molecule has 98 valence electrons. The maximum absolute atomic E-state index is 12.5. The standard InChI is InChI=1S/C14H19FN2O/c15-11-14(17,12-16)8-4-5-9-18-10-13-6-2-1-3-7-13/h1-3,6-7H,4-5,8-11,17H2. The lowest BCUT2D eigenvalue weighted by Gasteiger charge is -2.16. The number of alkyl halides is 1. The van der Waals surface area contributed by atoms with Crippen molar-refractivity contribution in [1.29, 1.82) is 5.26 Å². The highest BCUT2D eigenvalue weighted by molar-refractivity contribution is 5.13. The van der Waals surface area contributed by atoms with Crippen molar-refractivity contribution < 1.29 is 9.13 Å². The SMILES string of the molecule is N#CC(N)(CF)CCCCOCc1ccccc1. The summed E-state index contributed by atoms with van der Waals surface area (Å²) in [5.41, 5.74) is 5.34. The third kappa shape index (κ3) is 5.26. The molecule has 0 saturated heterocycles. The minimum Gasteiger partial charge on any atom is -0.377 e. The van der Waals surface area contributed by atoms with Gasteiger partial charge in [-0.3, -0.25) is 0 Å². The molecular weight excluding hydrogens is 231 g/mol. The number of nitrogens with two attached hydrogens (primary N) is 1. The van der Waals surface area contributed by atoms with E-state index in [1.165, 1.54) is 0 Å². The molecule has 0 aliphatic heterocycles. The van der Waals surface area contributed by atoms with Crippen molar-refractivity contribution in [3.63, 3.8) is 0 Å². The zero-order valence-corrected chi connectivity index (χ0v) is 10.4. The van der Waals surface area contributed by atoms with Gasteiger partial charge in [0.1, 0.15) is 12.2 Å². The maximum Gasteiger partial charge on any atom is 0.132 e. The van der Waals surface area contributed by atoms with E-state index < -0.39 is 12.2 Å². The molecule has 0 aliphatic rings. The molecule has 0 saturated carbocycles. The van der Waals surface area contributed by atoms with Gasteiger partial charge in [-0.25, -0.2) is 4.39 Å². The molecule has 0 amide bonds. The Kier molecular flexibility index (Phi) is 6.34. The van der Waals surface area contributed by atoms with Crippen molar-refractivity contribution in [1.82, 2.24) is 0 Å². The fraction of sp³-hybridized carbons (Fsp3) is 0.500. The van der Waals surface area contributed by atoms with E-state index in [0.29, 0.717) is 26.1 Å². The molecule has 4 heteroatoms. The molecule has 3 nitrogen and oxygen atoms in total. The lowest BCUT2D eigenvalue weighted by atomic mass is 9.97. The van der Waals surface area contributed by atoms with Gasteiger partial charge in [0.15, 0.2) is 0 Å². The Bertz CT molecular complexity index is 377. The molecule has 1 unspecified atom stereocenters. The molecule has 0 bridgehead atoms. The van der Waals surface area contributed by atoms with Gasteiger partial charge >= 0.3 is 0 Å². The quantitative estimate of drug-likeness (QED) is 0.721. The number of nitrogens with zero attached hydrogens (tertiary/aromatic N) is 1. The first-order chi connectivity index (χ1) is 8.70. The Morgan fingerprint density at radius 2 is 2.00 bits per heavy atom. The van der Waals surface area contributed by atoms with Crippen LogP contribution in [0.5, 0.6) is 0 Å². The highest BCUT2D eigenvalue weighted by Crippen LogP contribution is 2.11. The second-order valence-electron chi connectivity index (χ2n) is 4.40. The topological polar surface area (TPSA) is 59.0 Å². The Labute approximate surface area is 107 Å². The van der Waals surface area contributed by atoms with Gasteiger partial charge in [-0.15, -0.1) is 0 Å². The Hall–Kier alpha value is -1.44. The van der Waals surface area contributed by atoms with Gasteiger partial charge in [-0.2, -0.15) is 5.26 Å². The fourth-order valence-electron chi connectivity index (χ4n) is 1.56. The zero-order chi connectivity index (χ0) is 13.3. The monoisotopic (exact) mass is 250 g/mol. The molecule has 18 heavy (non-hydrogen) atoms. The molecule has 0 fully saturated rings. The van der Waals surface area contributed by atoms with Crippen LogP contribution < -0.4 is 5.73 Å². The summed E-state index contributed by atoms with van der Waals surface area (Å²) in [6, 6.07) is 11.7. The van der Waals surface area contributed by atoms with Crippen LogP contribution in [0.15, 0.2) is 30.3 Å². The predicted molar refractivity (Wildman–Crippen MR) is 68.5 cm³/mol. The molecule has 0 radical (unpaired) electrons. The van der Waals surface area contributed by atoms with Crippen molar-refractivity contribution in [3.8, 4) is 6.07 Å². The second-order valence-corrected chi connectivity index (χ2v) is 4.40. The summed E-state index contributed by atoms with van der Waals surface area (Å²) in [6.07, 6.45) is 1.85. The smallest absolute Gasteiger partial charge is 0.132 e. The number of unbranched alkanes of at least 4 members (excludes halogenated alkanes) is 1. The first kappa shape index (κ1) is 14.6. The number of halogens is 1. The molecular formula is C14H19FN2O. The van der Waals surface area contributed by atoms with Crippen molar-refractivity contribution in [2.24, 2.45) is 5.73 Å². The Morgan fingerprint density at radius 1 is 1.28 bits per heavy atom. The van der Waals surface area contributed by atoms with Crippen molar-refractivity contribution in [2.75, 3.05) is 13.3 Å². The summed E-state index contributed by atoms with van der Waals surface area (Å²) in [5.74, 6) is 0. The first-order valence-corrected chi connectivity index (χ1v) is 6.08. The van der Waals surface area contributed by atoms with E-state index in [1.54, 1.807) is 6.07 Å². The van der Waals surface area contributed by atoms with Crippen LogP contribution in [0, 0.1) is 11.3 Å². The lowest BCUT2D eigenvalue weighted by Crippen LogP contribution is -2.40. The van der Waals surface area contributed by atoms with Crippen molar-refractivity contribution in [3.05, 3.63) is 35.9 Å². The van der Waals surface area contributed by atoms with Crippen molar-refractivity contribution in [2.45, 2.75) is 31.4 Å². The summed E-state index contributed by atoms with van der Waals surface area (Å²) in [7, 11) is 0. The van der Waals surface area contributed by atoms with Gasteiger partial charge in [0.25, 0.3) is 0 Å². The van der Waals surface area contributed by atoms with E-state index in [1.807, 2.05) is 30.3 Å². The molecule has 1 rings (SSSR count). The lowest BCUT2D eigenvalue weighted by molar-refractivity contribution is 0.115. The van der Waals surface area contributed by atoms with E-state index >= 15 is 0 Å². The number of hydrogen-bond donors (Lipinski definition) is 1. The van der Waals surface area contributed by atoms with Gasteiger partial charge in [-0.05, 0) is 24.8 Å². The highest BCUT2D eigenvalue weighted by Gasteiger charge is 2.23. The zero-order valence-electron chi connectivity index (χ0n) is 10.4. The normalized spacial score (nSPS) is 13.8. The van der Waals surface area contributed by atoms with Gasteiger partial charge in [-0.1, -0.05) is 30.3 Å². The Morgan fingerprint density at radius 3 is 2.61 bits per heavy atom. The van der Waals surface area contributed by atoms with Gasteiger partial charge < -0.3 is 10.5 Å². The van der Waals surface area contributed by atoms with E-state index in [-0.39, 0.29) is 0 Å². The van der Waals surface area contributed by atoms with Crippen molar-refractivity contribution >= 4 is 0 Å². The molecule has 0 aliphatic carbocycles. The predicted octanol–water partition coefficient (Wildman–Crippen LogP) is 2.56. The largest absolute Gasteiger partial charge is 0.377 e. The number of hydrogen-bond acceptors (Lipinski definition) is 3. The maximum atomic E-state index is 12.5. The fourth-order valence-corrected chi connectivity index (χ4v) is 1.56. The summed E-state index contributed by atoms with van der Waals surface area (Å²) in [6.45, 7) is 0.382. The van der Waals surface area contributed by atoms with E-state index in [4.69, 9.17) is 15.7 Å². The second kappa shape index (κ2) is 7.80. The van der Waals surface area contributed by atoms with Crippen LogP contribution in [-0.2, 0) is 11.3 Å². The number of ether oxygens (including phenoxy) is 1. The van der Waals surface area contributed by atoms with E-state index in [9.17, 15) is 4.39 Å². The molecule has 0 spiro atoms. The number of nitriles is 1. The minimum atomic E-state index is -1.32. The summed E-state index contributed by atoms with van der Waals surface area (Å²) in [4.78, 5) is 0. The van der Waals surface area contributed by atoms with E-state index in [2.05, 4.69) is 0 Å². The third-order valence-corrected chi connectivity index (χ3v) is 2.73. The van der Waals surface area contributed by atoms with Crippen LogP contribution in [0.25, 0.3) is 0 Å². The van der Waals surface area contributed by atoms with Gasteiger partial charge in [0.2, 0.25) is 0 Å². The van der Waals surface area contributed by atoms with Gasteiger partial charge in [0.05, 0.1) is 12.7 Å². The molecule has 1 aromatic rings. The summed E-state index contributed by atoms with van der Waals surface area (Å²) in [5, 5.41) is 8.69. The van der Waals surface area contributed by atoms with Crippen LogP contribution in [0.4, 0.5) is 4.39 Å². The first-order valence-electron chi connectivity index (χ1n) is 6.08. The number of rotatable bonds is 8. The third-order valence-electron chi connectivity index (χ3n) is 2.73. The van der Waals surface area contributed by atoms with Crippen LogP contribution in [0.3, 0.4) is 0 Å². The molecule has 0 aromatic heterocycles. The van der Waals surface area contributed by atoms with E-state index in [0.717, 1.165) is 12.0 Å². The molecule has 1 aromatic carbocycles. The van der Waals surface area contributed by atoms with Crippen LogP contribution in [0.1, 0.15) is 24.8 Å². The molecule has 1 atom stereocenters. The summed E-state index contributed by atoms with van der Waals surface area (Å²) < 4.78 is 17.9. The number of benzene rings is 1. The average Bonchev–Trinajstić information content (AvgIpc) is 2.43. The minimum absolute atomic E-state index is 0.370.